The average Bonchev–Trinajstić information content (AvgIpc) is 2.37. The molecule has 0 aromatic heterocycles. The lowest BCUT2D eigenvalue weighted by atomic mass is 10.00. The van der Waals surface area contributed by atoms with E-state index in [-0.39, 0.29) is 5.54 Å². The quantitative estimate of drug-likeness (QED) is 0.794. The zero-order valence-corrected chi connectivity index (χ0v) is 12.4. The van der Waals surface area contributed by atoms with Crippen molar-refractivity contribution in [3.8, 4) is 17.2 Å². The van der Waals surface area contributed by atoms with E-state index in [0.29, 0.717) is 23.8 Å². The van der Waals surface area contributed by atoms with E-state index in [2.05, 4.69) is 19.2 Å². The van der Waals surface area contributed by atoms with E-state index in [1.54, 1.807) is 27.4 Å². The van der Waals surface area contributed by atoms with Gasteiger partial charge in [0.05, 0.1) is 27.0 Å². The van der Waals surface area contributed by atoms with Crippen LogP contribution in [0.15, 0.2) is 12.1 Å². The summed E-state index contributed by atoms with van der Waals surface area (Å²) in [5.74, 6) is 2.01. The van der Waals surface area contributed by atoms with Crippen molar-refractivity contribution in [2.24, 2.45) is 5.73 Å². The van der Waals surface area contributed by atoms with Crippen molar-refractivity contribution in [3.05, 3.63) is 12.1 Å². The zero-order valence-electron chi connectivity index (χ0n) is 12.4. The summed E-state index contributed by atoms with van der Waals surface area (Å²) in [5.41, 5.74) is 6.36. The van der Waals surface area contributed by atoms with Gasteiger partial charge in [0.1, 0.15) is 5.75 Å². The molecule has 0 unspecified atom stereocenters. The SMILES string of the molecule is COc1cc(OC)c(OC)cc1NC(C)(C)CCN. The van der Waals surface area contributed by atoms with Crippen LogP contribution in [0, 0.1) is 0 Å². The molecule has 0 fully saturated rings. The fourth-order valence-electron chi connectivity index (χ4n) is 1.91. The van der Waals surface area contributed by atoms with Crippen LogP contribution in [0.5, 0.6) is 17.2 Å². The molecule has 1 aromatic rings. The summed E-state index contributed by atoms with van der Waals surface area (Å²) in [4.78, 5) is 0. The number of nitrogens with one attached hydrogen (secondary N) is 1. The normalized spacial score (nSPS) is 11.1. The monoisotopic (exact) mass is 268 g/mol. The Morgan fingerprint density at radius 3 is 2.00 bits per heavy atom. The molecule has 19 heavy (non-hydrogen) atoms. The van der Waals surface area contributed by atoms with Crippen LogP contribution in [0.4, 0.5) is 5.69 Å². The molecule has 0 atom stereocenters. The Kier molecular flexibility index (Phi) is 5.30. The number of methoxy groups -OCH3 is 3. The van der Waals surface area contributed by atoms with E-state index in [9.17, 15) is 0 Å². The molecule has 5 heteroatoms. The average molecular weight is 268 g/mol. The Balaban J connectivity index is 3.11. The van der Waals surface area contributed by atoms with Crippen LogP contribution in [0.3, 0.4) is 0 Å². The molecule has 0 spiro atoms. The fourth-order valence-corrected chi connectivity index (χ4v) is 1.91. The van der Waals surface area contributed by atoms with E-state index < -0.39 is 0 Å². The van der Waals surface area contributed by atoms with Crippen molar-refractivity contribution in [1.29, 1.82) is 0 Å². The first kappa shape index (κ1) is 15.4. The number of benzene rings is 1. The Hall–Kier alpha value is -1.62. The van der Waals surface area contributed by atoms with Gasteiger partial charge >= 0.3 is 0 Å². The smallest absolute Gasteiger partial charge is 0.164 e. The van der Waals surface area contributed by atoms with Crippen molar-refractivity contribution < 1.29 is 14.2 Å². The highest BCUT2D eigenvalue weighted by atomic mass is 16.5. The highest BCUT2D eigenvalue weighted by molar-refractivity contribution is 5.65. The highest BCUT2D eigenvalue weighted by Gasteiger charge is 2.20. The Bertz CT molecular complexity index is 419. The van der Waals surface area contributed by atoms with Crippen molar-refractivity contribution >= 4 is 5.69 Å². The van der Waals surface area contributed by atoms with Gasteiger partial charge in [-0.05, 0) is 26.8 Å². The maximum absolute atomic E-state index is 5.62. The standard InChI is InChI=1S/C14H24N2O3/c1-14(2,6-7-15)16-10-8-12(18-4)13(19-5)9-11(10)17-3/h8-9,16H,6-7,15H2,1-5H3. The summed E-state index contributed by atoms with van der Waals surface area (Å²) in [6.45, 7) is 4.81. The first-order valence-electron chi connectivity index (χ1n) is 6.25. The van der Waals surface area contributed by atoms with Crippen LogP contribution < -0.4 is 25.3 Å². The number of hydrogen-bond donors (Lipinski definition) is 2. The maximum Gasteiger partial charge on any atom is 0.164 e. The number of hydrogen-bond acceptors (Lipinski definition) is 5. The molecule has 1 rings (SSSR count). The molecule has 0 heterocycles. The van der Waals surface area contributed by atoms with Crippen LogP contribution in [0.25, 0.3) is 0 Å². The van der Waals surface area contributed by atoms with Crippen molar-refractivity contribution in [1.82, 2.24) is 0 Å². The Labute approximate surface area is 115 Å². The van der Waals surface area contributed by atoms with Crippen LogP contribution in [-0.4, -0.2) is 33.4 Å². The predicted molar refractivity (Wildman–Crippen MR) is 77.5 cm³/mol. The van der Waals surface area contributed by atoms with E-state index in [1.165, 1.54) is 0 Å². The molecule has 0 saturated heterocycles. The molecular weight excluding hydrogens is 244 g/mol. The number of ether oxygens (including phenoxy) is 3. The van der Waals surface area contributed by atoms with E-state index >= 15 is 0 Å². The van der Waals surface area contributed by atoms with Gasteiger partial charge in [0.15, 0.2) is 11.5 Å². The van der Waals surface area contributed by atoms with Crippen molar-refractivity contribution in [2.75, 3.05) is 33.2 Å². The first-order chi connectivity index (χ1) is 8.97. The third kappa shape index (κ3) is 3.92. The van der Waals surface area contributed by atoms with Crippen molar-refractivity contribution in [3.63, 3.8) is 0 Å². The highest BCUT2D eigenvalue weighted by Crippen LogP contribution is 2.39. The van der Waals surface area contributed by atoms with Crippen LogP contribution >= 0.6 is 0 Å². The molecule has 0 radical (unpaired) electrons. The summed E-state index contributed by atoms with van der Waals surface area (Å²) in [5, 5.41) is 3.42. The minimum Gasteiger partial charge on any atom is -0.494 e. The van der Waals surface area contributed by atoms with Gasteiger partial charge < -0.3 is 25.3 Å². The van der Waals surface area contributed by atoms with Crippen LogP contribution in [0.2, 0.25) is 0 Å². The molecule has 0 aliphatic heterocycles. The zero-order chi connectivity index (χ0) is 14.5. The predicted octanol–water partition coefficient (Wildman–Crippen LogP) is 2.25. The molecule has 108 valence electrons. The summed E-state index contributed by atoms with van der Waals surface area (Å²) < 4.78 is 15.9. The van der Waals surface area contributed by atoms with Gasteiger partial charge in [-0.3, -0.25) is 0 Å². The molecule has 0 aliphatic rings. The lowest BCUT2D eigenvalue weighted by Crippen LogP contribution is -2.33. The van der Waals surface area contributed by atoms with Gasteiger partial charge in [0, 0.05) is 17.7 Å². The number of anilines is 1. The lowest BCUT2D eigenvalue weighted by Gasteiger charge is -2.28. The van der Waals surface area contributed by atoms with Gasteiger partial charge in [-0.15, -0.1) is 0 Å². The number of nitrogens with two attached hydrogens (primary N) is 1. The number of rotatable bonds is 7. The second kappa shape index (κ2) is 6.52. The van der Waals surface area contributed by atoms with Gasteiger partial charge in [0.25, 0.3) is 0 Å². The molecule has 0 aliphatic carbocycles. The third-order valence-corrected chi connectivity index (χ3v) is 2.95. The van der Waals surface area contributed by atoms with E-state index in [0.717, 1.165) is 12.1 Å². The largest absolute Gasteiger partial charge is 0.494 e. The molecule has 1 aromatic carbocycles. The van der Waals surface area contributed by atoms with Crippen molar-refractivity contribution in [2.45, 2.75) is 25.8 Å². The van der Waals surface area contributed by atoms with Crippen LogP contribution in [0.1, 0.15) is 20.3 Å². The molecular formula is C14H24N2O3. The second-order valence-electron chi connectivity index (χ2n) is 4.96. The molecule has 3 N–H and O–H groups in total. The second-order valence-corrected chi connectivity index (χ2v) is 4.96. The first-order valence-corrected chi connectivity index (χ1v) is 6.25. The summed E-state index contributed by atoms with van der Waals surface area (Å²) in [6, 6.07) is 3.68. The minimum absolute atomic E-state index is 0.123. The third-order valence-electron chi connectivity index (χ3n) is 2.95. The Morgan fingerprint density at radius 2 is 1.53 bits per heavy atom. The summed E-state index contributed by atoms with van der Waals surface area (Å²) in [6.07, 6.45) is 0.852. The molecule has 5 nitrogen and oxygen atoms in total. The van der Waals surface area contributed by atoms with Crippen LogP contribution in [-0.2, 0) is 0 Å². The van der Waals surface area contributed by atoms with Gasteiger partial charge in [-0.1, -0.05) is 0 Å². The lowest BCUT2D eigenvalue weighted by molar-refractivity contribution is 0.349. The van der Waals surface area contributed by atoms with Gasteiger partial charge in [-0.2, -0.15) is 0 Å². The summed E-state index contributed by atoms with van der Waals surface area (Å²) >= 11 is 0. The minimum atomic E-state index is -0.123. The fraction of sp³-hybridized carbons (Fsp3) is 0.571. The van der Waals surface area contributed by atoms with Gasteiger partial charge in [-0.25, -0.2) is 0 Å². The molecule has 0 amide bonds. The molecule has 0 saturated carbocycles. The summed E-state index contributed by atoms with van der Waals surface area (Å²) in [7, 11) is 4.84. The van der Waals surface area contributed by atoms with E-state index in [4.69, 9.17) is 19.9 Å². The maximum atomic E-state index is 5.62. The molecule has 0 bridgehead atoms. The van der Waals surface area contributed by atoms with Gasteiger partial charge in [0.2, 0.25) is 0 Å². The Morgan fingerprint density at radius 1 is 1.00 bits per heavy atom. The topological polar surface area (TPSA) is 65.7 Å². The van der Waals surface area contributed by atoms with E-state index in [1.807, 2.05) is 6.07 Å².